The van der Waals surface area contributed by atoms with Crippen molar-refractivity contribution < 1.29 is 0 Å². The molecule has 0 N–H and O–H groups in total. The van der Waals surface area contributed by atoms with Gasteiger partial charge in [-0.25, -0.2) is 4.98 Å². The lowest BCUT2D eigenvalue weighted by molar-refractivity contribution is 0.380. The van der Waals surface area contributed by atoms with Crippen LogP contribution in [-0.2, 0) is 6.42 Å². The molecule has 7 nitrogen and oxygen atoms in total. The second-order valence-electron chi connectivity index (χ2n) is 9.97. The highest BCUT2D eigenvalue weighted by Gasteiger charge is 2.23. The fourth-order valence-electron chi connectivity index (χ4n) is 5.10. The summed E-state index contributed by atoms with van der Waals surface area (Å²) >= 11 is 0. The quantitative estimate of drug-likeness (QED) is 0.517. The lowest BCUT2D eigenvalue weighted by Crippen LogP contribution is -2.47. The Balaban J connectivity index is 1.27. The first-order chi connectivity index (χ1) is 17.1. The Morgan fingerprint density at radius 1 is 0.943 bits per heavy atom. The molecule has 1 aliphatic heterocycles. The van der Waals surface area contributed by atoms with Crippen LogP contribution in [-0.4, -0.2) is 71.9 Å². The molecule has 0 radical (unpaired) electrons. The minimum atomic E-state index is 0.365. The maximum atomic E-state index is 4.73. The van der Waals surface area contributed by atoms with Gasteiger partial charge in [-0.15, -0.1) is 5.10 Å². The number of aromatic nitrogens is 4. The fraction of sp³-hybridized carbons (Fsp3) is 0.429. The molecule has 2 atom stereocenters. The van der Waals surface area contributed by atoms with Crippen molar-refractivity contribution in [2.24, 2.45) is 5.92 Å². The molecule has 0 saturated carbocycles. The highest BCUT2D eigenvalue weighted by molar-refractivity contribution is 5.93. The second-order valence-corrected chi connectivity index (χ2v) is 9.97. The molecule has 1 aromatic carbocycles. The molecule has 7 heteroatoms. The first kappa shape index (κ1) is 23.4. The molecule has 35 heavy (non-hydrogen) atoms. The summed E-state index contributed by atoms with van der Waals surface area (Å²) in [7, 11) is 4.18. The molecular formula is C28H35N7. The van der Waals surface area contributed by atoms with E-state index in [1.165, 1.54) is 10.8 Å². The highest BCUT2D eigenvalue weighted by atomic mass is 15.3. The van der Waals surface area contributed by atoms with Gasteiger partial charge in [0.05, 0.1) is 23.8 Å². The van der Waals surface area contributed by atoms with Crippen LogP contribution in [0, 0.1) is 5.92 Å². The number of benzene rings is 1. The van der Waals surface area contributed by atoms with E-state index in [0.29, 0.717) is 11.8 Å². The van der Waals surface area contributed by atoms with Crippen molar-refractivity contribution in [1.29, 1.82) is 0 Å². The Bertz CT molecular complexity index is 1190. The summed E-state index contributed by atoms with van der Waals surface area (Å²) in [6.45, 7) is 6.71. The molecule has 1 aliphatic carbocycles. The lowest BCUT2D eigenvalue weighted by Gasteiger charge is -2.36. The van der Waals surface area contributed by atoms with Gasteiger partial charge in [0.2, 0.25) is 0 Å². The average Bonchev–Trinajstić information content (AvgIpc) is 2.89. The topological polar surface area (TPSA) is 61.3 Å². The van der Waals surface area contributed by atoms with E-state index in [9.17, 15) is 0 Å². The Hall–Kier alpha value is -3.32. The summed E-state index contributed by atoms with van der Waals surface area (Å²) in [5.41, 5.74) is 2.13. The number of hydrogen-bond donors (Lipinski definition) is 0. The highest BCUT2D eigenvalue weighted by Crippen LogP contribution is 2.29. The molecule has 0 amide bonds. The number of allylic oxidation sites excluding steroid dienone is 4. The summed E-state index contributed by atoms with van der Waals surface area (Å²) in [5, 5.41) is 11.9. The van der Waals surface area contributed by atoms with Gasteiger partial charge < -0.3 is 14.7 Å². The van der Waals surface area contributed by atoms with Gasteiger partial charge in [-0.3, -0.25) is 4.98 Å². The summed E-state index contributed by atoms with van der Waals surface area (Å²) < 4.78 is 0. The van der Waals surface area contributed by atoms with Gasteiger partial charge in [0.25, 0.3) is 0 Å². The zero-order chi connectivity index (χ0) is 24.2. The third-order valence-electron chi connectivity index (χ3n) is 6.97. The Labute approximate surface area is 208 Å². The Morgan fingerprint density at radius 2 is 1.71 bits per heavy atom. The number of piperazine rings is 1. The summed E-state index contributed by atoms with van der Waals surface area (Å²) in [5.74, 6) is 2.79. The van der Waals surface area contributed by atoms with Gasteiger partial charge in [-0.05, 0) is 32.9 Å². The van der Waals surface area contributed by atoms with Crippen LogP contribution in [0.15, 0.2) is 61.0 Å². The first-order valence-electron chi connectivity index (χ1n) is 12.6. The Morgan fingerprint density at radius 3 is 2.40 bits per heavy atom. The molecule has 3 aromatic rings. The summed E-state index contributed by atoms with van der Waals surface area (Å²) in [6.07, 6.45) is 14.6. The number of likely N-dealkylation sites (N-methyl/N-ethyl adjacent to an activating group) is 1. The van der Waals surface area contributed by atoms with Crippen LogP contribution < -0.4 is 9.80 Å². The summed E-state index contributed by atoms with van der Waals surface area (Å²) in [4.78, 5) is 16.3. The van der Waals surface area contributed by atoms with Crippen molar-refractivity contribution in [2.75, 3.05) is 56.6 Å². The number of hydrogen-bond acceptors (Lipinski definition) is 7. The van der Waals surface area contributed by atoms with Crippen LogP contribution in [0.2, 0.25) is 0 Å². The maximum absolute atomic E-state index is 4.73. The van der Waals surface area contributed by atoms with E-state index in [1.807, 2.05) is 12.4 Å². The van der Waals surface area contributed by atoms with E-state index in [-0.39, 0.29) is 0 Å². The molecular weight excluding hydrogens is 434 g/mol. The van der Waals surface area contributed by atoms with Crippen molar-refractivity contribution in [3.8, 4) is 0 Å². The van der Waals surface area contributed by atoms with Gasteiger partial charge in [0.15, 0.2) is 5.82 Å². The Kier molecular flexibility index (Phi) is 7.04. The van der Waals surface area contributed by atoms with E-state index in [1.54, 1.807) is 0 Å². The van der Waals surface area contributed by atoms with Gasteiger partial charge in [0.1, 0.15) is 5.82 Å². The van der Waals surface area contributed by atoms with Crippen molar-refractivity contribution in [3.63, 3.8) is 0 Å². The zero-order valence-corrected chi connectivity index (χ0v) is 21.0. The van der Waals surface area contributed by atoms with Gasteiger partial charge in [-0.1, -0.05) is 55.5 Å². The molecule has 0 spiro atoms. The number of fused-ring (bicyclic) bond motifs is 1. The molecule has 5 rings (SSSR count). The molecule has 2 aliphatic rings. The smallest absolute Gasteiger partial charge is 0.159 e. The molecule has 182 valence electrons. The van der Waals surface area contributed by atoms with E-state index in [0.717, 1.165) is 68.6 Å². The van der Waals surface area contributed by atoms with Crippen LogP contribution in [0.4, 0.5) is 11.6 Å². The number of nitrogens with zero attached hydrogens (tertiary/aromatic N) is 7. The van der Waals surface area contributed by atoms with Gasteiger partial charge >= 0.3 is 0 Å². The maximum Gasteiger partial charge on any atom is 0.159 e. The fourth-order valence-corrected chi connectivity index (χ4v) is 5.10. The molecule has 1 fully saturated rings. The third-order valence-corrected chi connectivity index (χ3v) is 6.97. The van der Waals surface area contributed by atoms with Crippen LogP contribution >= 0.6 is 0 Å². The minimum Gasteiger partial charge on any atom is -0.352 e. The number of anilines is 2. The van der Waals surface area contributed by atoms with Crippen molar-refractivity contribution >= 4 is 22.4 Å². The van der Waals surface area contributed by atoms with Crippen LogP contribution in [0.3, 0.4) is 0 Å². The molecule has 1 saturated heterocycles. The predicted octanol–water partition coefficient (Wildman–Crippen LogP) is 4.09. The summed E-state index contributed by atoms with van der Waals surface area (Å²) in [6, 6.07) is 8.58. The van der Waals surface area contributed by atoms with Crippen molar-refractivity contribution in [1.82, 2.24) is 25.1 Å². The van der Waals surface area contributed by atoms with Crippen molar-refractivity contribution in [2.45, 2.75) is 25.7 Å². The first-order valence-corrected chi connectivity index (χ1v) is 12.6. The largest absolute Gasteiger partial charge is 0.352 e. The average molecular weight is 470 g/mol. The number of rotatable bonds is 7. The lowest BCUT2D eigenvalue weighted by atomic mass is 9.94. The monoisotopic (exact) mass is 469 g/mol. The molecule has 3 heterocycles. The minimum absolute atomic E-state index is 0.365. The molecule has 0 bridgehead atoms. The van der Waals surface area contributed by atoms with Crippen LogP contribution in [0.1, 0.15) is 30.7 Å². The third kappa shape index (κ3) is 5.35. The van der Waals surface area contributed by atoms with Crippen LogP contribution in [0.25, 0.3) is 10.8 Å². The molecule has 2 aromatic heterocycles. The van der Waals surface area contributed by atoms with Crippen molar-refractivity contribution in [3.05, 3.63) is 72.4 Å². The molecule has 2 unspecified atom stereocenters. The van der Waals surface area contributed by atoms with E-state index in [2.05, 4.69) is 84.3 Å². The predicted molar refractivity (Wildman–Crippen MR) is 143 cm³/mol. The van der Waals surface area contributed by atoms with E-state index >= 15 is 0 Å². The van der Waals surface area contributed by atoms with Crippen LogP contribution in [0.5, 0.6) is 0 Å². The normalized spacial score (nSPS) is 19.0. The van der Waals surface area contributed by atoms with Gasteiger partial charge in [-0.2, -0.15) is 5.10 Å². The zero-order valence-electron chi connectivity index (χ0n) is 21.0. The SMILES string of the molecule is CC(CN(C)C)c1cnc(N2CCN(c3nnc(CC4C=CC=CC4)c4ccccc34)CC2)cn1. The van der Waals surface area contributed by atoms with E-state index < -0.39 is 0 Å². The van der Waals surface area contributed by atoms with Gasteiger partial charge in [0, 0.05) is 49.4 Å². The van der Waals surface area contributed by atoms with E-state index in [4.69, 9.17) is 20.2 Å². The standard InChI is InChI=1S/C28H35N7/c1-21(20-33(2)3)26-18-30-27(19-29-26)34-13-15-35(16-14-34)28-24-12-8-7-11-23(24)25(31-32-28)17-22-9-5-4-6-10-22/h4-9,11-12,18-19,21-22H,10,13-17,20H2,1-3H3. The second kappa shape index (κ2) is 10.5.